The molecule has 194 valence electrons. The Kier molecular flexibility index (Phi) is 7.71. The van der Waals surface area contributed by atoms with Crippen molar-refractivity contribution in [3.63, 3.8) is 0 Å². The zero-order valence-electron chi connectivity index (χ0n) is 20.7. The number of fused-ring (bicyclic) bond motifs is 1. The van der Waals surface area contributed by atoms with E-state index in [0.717, 1.165) is 36.8 Å². The maximum atomic E-state index is 13.5. The molecule has 0 bridgehead atoms. The van der Waals surface area contributed by atoms with Crippen molar-refractivity contribution in [2.45, 2.75) is 57.8 Å². The van der Waals surface area contributed by atoms with Gasteiger partial charge in [-0.15, -0.1) is 0 Å². The molecule has 2 aliphatic rings. The fraction of sp³-hybridized carbons (Fsp3) is 0.370. The van der Waals surface area contributed by atoms with E-state index < -0.39 is 6.04 Å². The summed E-state index contributed by atoms with van der Waals surface area (Å²) in [7, 11) is 1.59. The summed E-state index contributed by atoms with van der Waals surface area (Å²) in [6, 6.07) is 10.7. The molecule has 0 saturated heterocycles. The molecule has 1 saturated carbocycles. The van der Waals surface area contributed by atoms with E-state index in [1.54, 1.807) is 11.8 Å². The number of ether oxygens (including phenoxy) is 3. The molecule has 0 spiro atoms. The minimum absolute atomic E-state index is 0.0655. The minimum atomic E-state index is -0.551. The first kappa shape index (κ1) is 25.6. The largest absolute Gasteiger partial charge is 0.493 e. The van der Waals surface area contributed by atoms with E-state index in [-0.39, 0.29) is 12.1 Å². The van der Waals surface area contributed by atoms with Crippen molar-refractivity contribution < 1.29 is 19.0 Å². The van der Waals surface area contributed by atoms with E-state index in [1.165, 1.54) is 12.7 Å². The van der Waals surface area contributed by atoms with Crippen molar-refractivity contribution in [2.24, 2.45) is 0 Å². The molecule has 1 unspecified atom stereocenters. The number of nitrogens with zero attached hydrogens (tertiary/aromatic N) is 3. The average Bonchev–Trinajstić information content (AvgIpc) is 3.36. The first-order chi connectivity index (χ1) is 17.9. The molecule has 37 heavy (non-hydrogen) atoms. The van der Waals surface area contributed by atoms with E-state index >= 15 is 0 Å². The number of carbonyl (C=O) groups excluding carboxylic acids is 1. The number of carbonyl (C=O) groups is 1. The number of allylic oxidation sites excluding steroid dienone is 1. The molecule has 2 heterocycles. The summed E-state index contributed by atoms with van der Waals surface area (Å²) in [5, 5.41) is 8.29. The number of rotatable bonds is 7. The van der Waals surface area contributed by atoms with Crippen LogP contribution in [0.15, 0.2) is 58.5 Å². The van der Waals surface area contributed by atoms with E-state index in [1.807, 2.05) is 43.3 Å². The van der Waals surface area contributed by atoms with Gasteiger partial charge in [0.05, 0.1) is 17.2 Å². The third-order valence-electron chi connectivity index (χ3n) is 6.70. The summed E-state index contributed by atoms with van der Waals surface area (Å²) in [5.74, 6) is 1.29. The molecule has 10 heteroatoms. The highest BCUT2D eigenvalue weighted by molar-refractivity contribution is 9.10. The van der Waals surface area contributed by atoms with Crippen LogP contribution in [0, 0.1) is 0 Å². The normalized spacial score (nSPS) is 17.7. The van der Waals surface area contributed by atoms with Crippen molar-refractivity contribution in [1.29, 1.82) is 0 Å². The molecule has 1 N–H and O–H groups in total. The smallest absolute Gasteiger partial charge is 0.338 e. The van der Waals surface area contributed by atoms with Crippen LogP contribution in [0.5, 0.6) is 11.5 Å². The molecule has 8 nitrogen and oxygen atoms in total. The molecule has 1 aliphatic carbocycles. The Hall–Kier alpha value is -3.04. The van der Waals surface area contributed by atoms with Crippen LogP contribution in [0.2, 0.25) is 5.02 Å². The van der Waals surface area contributed by atoms with Gasteiger partial charge in [0.1, 0.15) is 25.1 Å². The lowest BCUT2D eigenvalue weighted by molar-refractivity contribution is -0.146. The van der Waals surface area contributed by atoms with Crippen LogP contribution in [0.1, 0.15) is 56.2 Å². The Labute approximate surface area is 229 Å². The van der Waals surface area contributed by atoms with Gasteiger partial charge >= 0.3 is 5.97 Å². The Bertz CT molecular complexity index is 1320. The SMILES string of the molecule is COc1cc(C2C(C(=O)OC3CCCCC3)=C(C)Nc3ncnn32)cc(Br)c1OCc1ccc(Cl)cc1. The zero-order valence-corrected chi connectivity index (χ0v) is 23.0. The van der Waals surface area contributed by atoms with E-state index in [4.69, 9.17) is 25.8 Å². The molecular weight excluding hydrogens is 560 g/mol. The molecule has 1 atom stereocenters. The van der Waals surface area contributed by atoms with Crippen LogP contribution in [0.25, 0.3) is 0 Å². The Morgan fingerprint density at radius 3 is 2.68 bits per heavy atom. The van der Waals surface area contributed by atoms with Gasteiger partial charge in [-0.1, -0.05) is 30.2 Å². The van der Waals surface area contributed by atoms with E-state index in [2.05, 4.69) is 31.3 Å². The second-order valence-electron chi connectivity index (χ2n) is 9.21. The fourth-order valence-corrected chi connectivity index (χ4v) is 5.54. The van der Waals surface area contributed by atoms with Gasteiger partial charge < -0.3 is 19.5 Å². The maximum absolute atomic E-state index is 13.5. The van der Waals surface area contributed by atoms with Crippen LogP contribution >= 0.6 is 27.5 Å². The summed E-state index contributed by atoms with van der Waals surface area (Å²) in [6.07, 6.45) is 6.52. The molecule has 3 aromatic rings. The van der Waals surface area contributed by atoms with Gasteiger partial charge in [0.15, 0.2) is 11.5 Å². The topological polar surface area (TPSA) is 87.5 Å². The Balaban J connectivity index is 1.47. The van der Waals surface area contributed by atoms with Gasteiger partial charge in [-0.3, -0.25) is 0 Å². The van der Waals surface area contributed by atoms with Crippen LogP contribution < -0.4 is 14.8 Å². The van der Waals surface area contributed by atoms with Crippen molar-refractivity contribution in [3.05, 3.63) is 74.6 Å². The van der Waals surface area contributed by atoms with Crippen molar-refractivity contribution >= 4 is 39.4 Å². The number of benzene rings is 2. The zero-order chi connectivity index (χ0) is 25.9. The lowest BCUT2D eigenvalue weighted by Crippen LogP contribution is -2.32. The highest BCUT2D eigenvalue weighted by atomic mass is 79.9. The average molecular weight is 588 g/mol. The number of hydrogen-bond donors (Lipinski definition) is 1. The van der Waals surface area contributed by atoms with E-state index in [9.17, 15) is 4.79 Å². The van der Waals surface area contributed by atoms with Gasteiger partial charge in [-0.25, -0.2) is 9.48 Å². The summed E-state index contributed by atoms with van der Waals surface area (Å²) >= 11 is 9.65. The van der Waals surface area contributed by atoms with Crippen molar-refractivity contribution in [1.82, 2.24) is 14.8 Å². The number of aromatic nitrogens is 3. The van der Waals surface area contributed by atoms with E-state index in [0.29, 0.717) is 44.8 Å². The molecule has 0 amide bonds. The lowest BCUT2D eigenvalue weighted by atomic mass is 9.94. The highest BCUT2D eigenvalue weighted by Gasteiger charge is 2.36. The third-order valence-corrected chi connectivity index (χ3v) is 7.55. The summed E-state index contributed by atoms with van der Waals surface area (Å²) < 4.78 is 20.2. The molecule has 5 rings (SSSR count). The predicted octanol–water partition coefficient (Wildman–Crippen LogP) is 6.45. The second-order valence-corrected chi connectivity index (χ2v) is 10.5. The van der Waals surface area contributed by atoms with Gasteiger partial charge in [-0.05, 0) is 83.9 Å². The van der Waals surface area contributed by atoms with Gasteiger partial charge in [0.25, 0.3) is 0 Å². The summed E-state index contributed by atoms with van der Waals surface area (Å²) in [6.45, 7) is 2.20. The minimum Gasteiger partial charge on any atom is -0.493 e. The third kappa shape index (κ3) is 5.48. The molecule has 0 radical (unpaired) electrons. The predicted molar refractivity (Wildman–Crippen MR) is 144 cm³/mol. The molecule has 2 aromatic carbocycles. The lowest BCUT2D eigenvalue weighted by Gasteiger charge is -2.30. The quantitative estimate of drug-likeness (QED) is 0.318. The molecule has 1 aliphatic heterocycles. The number of esters is 1. The van der Waals surface area contributed by atoms with Crippen LogP contribution in [-0.4, -0.2) is 33.9 Å². The van der Waals surface area contributed by atoms with Crippen molar-refractivity contribution in [2.75, 3.05) is 12.4 Å². The number of anilines is 1. The van der Waals surface area contributed by atoms with Gasteiger partial charge in [0.2, 0.25) is 5.95 Å². The first-order valence-electron chi connectivity index (χ1n) is 12.3. The Morgan fingerprint density at radius 2 is 1.95 bits per heavy atom. The summed E-state index contributed by atoms with van der Waals surface area (Å²) in [4.78, 5) is 17.8. The molecular formula is C27H28BrClN4O4. The van der Waals surface area contributed by atoms with Crippen LogP contribution in [-0.2, 0) is 16.1 Å². The number of hydrogen-bond acceptors (Lipinski definition) is 7. The standard InChI is InChI=1S/C27H28BrClN4O4/c1-16-23(26(34)37-20-6-4-3-5-7-20)24(33-27(32-16)30-15-31-33)18-12-21(28)25(22(13-18)35-2)36-14-17-8-10-19(29)11-9-17/h8-13,15,20,24H,3-7,14H2,1-2H3,(H,30,31,32). The fourth-order valence-electron chi connectivity index (χ4n) is 4.84. The van der Waals surface area contributed by atoms with Crippen LogP contribution in [0.3, 0.4) is 0 Å². The number of nitrogens with one attached hydrogen (secondary N) is 1. The highest BCUT2D eigenvalue weighted by Crippen LogP contribution is 2.43. The van der Waals surface area contributed by atoms with Crippen molar-refractivity contribution in [3.8, 4) is 11.5 Å². The number of halogens is 2. The van der Waals surface area contributed by atoms with Gasteiger partial charge in [0, 0.05) is 10.7 Å². The first-order valence-corrected chi connectivity index (χ1v) is 13.4. The second kappa shape index (κ2) is 11.1. The van der Waals surface area contributed by atoms with Crippen LogP contribution in [0.4, 0.5) is 5.95 Å². The summed E-state index contributed by atoms with van der Waals surface area (Å²) in [5.41, 5.74) is 2.93. The maximum Gasteiger partial charge on any atom is 0.338 e. The molecule has 1 aromatic heterocycles. The molecule has 1 fully saturated rings. The Morgan fingerprint density at radius 1 is 1.19 bits per heavy atom. The number of methoxy groups -OCH3 is 1. The van der Waals surface area contributed by atoms with Gasteiger partial charge in [-0.2, -0.15) is 10.1 Å². The monoisotopic (exact) mass is 586 g/mol.